The quantitative estimate of drug-likeness (QED) is 0.740. The Balaban J connectivity index is 2.73. The van der Waals surface area contributed by atoms with Crippen LogP contribution in [0, 0.1) is 13.8 Å². The van der Waals surface area contributed by atoms with E-state index in [2.05, 4.69) is 0 Å². The molecular formula is C14H15NO2. The molecule has 3 nitrogen and oxygen atoms in total. The van der Waals surface area contributed by atoms with E-state index in [1.807, 2.05) is 26.0 Å². The van der Waals surface area contributed by atoms with Gasteiger partial charge in [0.2, 0.25) is 5.78 Å². The number of carbonyl (C=O) groups excluding carboxylic acids is 2. The van der Waals surface area contributed by atoms with Crippen molar-refractivity contribution < 1.29 is 9.59 Å². The number of hydrogen-bond donors (Lipinski definition) is 0. The van der Waals surface area contributed by atoms with E-state index >= 15 is 0 Å². The number of fused-ring (bicyclic) bond motifs is 1. The van der Waals surface area contributed by atoms with Gasteiger partial charge in [-0.3, -0.25) is 9.59 Å². The smallest absolute Gasteiger partial charge is 0.210 e. The molecule has 2 rings (SSSR count). The largest absolute Gasteiger partial charge is 0.374 e. The van der Waals surface area contributed by atoms with Crippen molar-refractivity contribution in [1.29, 1.82) is 0 Å². The lowest BCUT2D eigenvalue weighted by molar-refractivity contribution is 0.0961. The number of benzene rings is 1. The Kier molecular flexibility index (Phi) is 2.62. The lowest BCUT2D eigenvalue weighted by Gasteiger charge is -2.23. The minimum absolute atomic E-state index is 0.0641. The van der Waals surface area contributed by atoms with Crippen molar-refractivity contribution in [2.24, 2.45) is 0 Å². The van der Waals surface area contributed by atoms with Gasteiger partial charge in [-0.15, -0.1) is 0 Å². The summed E-state index contributed by atoms with van der Waals surface area (Å²) in [5.74, 6) is -0.143. The molecule has 3 heteroatoms. The van der Waals surface area contributed by atoms with Gasteiger partial charge in [-0.1, -0.05) is 12.1 Å². The van der Waals surface area contributed by atoms with Crippen molar-refractivity contribution in [2.75, 3.05) is 14.1 Å². The second kappa shape index (κ2) is 3.84. The van der Waals surface area contributed by atoms with Crippen molar-refractivity contribution in [3.05, 3.63) is 46.2 Å². The Labute approximate surface area is 101 Å². The van der Waals surface area contributed by atoms with Gasteiger partial charge in [0.15, 0.2) is 5.78 Å². The van der Waals surface area contributed by atoms with E-state index in [-0.39, 0.29) is 11.6 Å². The molecule has 0 N–H and O–H groups in total. The zero-order valence-corrected chi connectivity index (χ0v) is 10.5. The van der Waals surface area contributed by atoms with Gasteiger partial charge in [-0.25, -0.2) is 0 Å². The van der Waals surface area contributed by atoms with Gasteiger partial charge in [0.25, 0.3) is 0 Å². The van der Waals surface area contributed by atoms with Crippen LogP contribution in [-0.2, 0) is 0 Å². The van der Waals surface area contributed by atoms with Crippen molar-refractivity contribution in [3.63, 3.8) is 0 Å². The highest BCUT2D eigenvalue weighted by atomic mass is 16.1. The van der Waals surface area contributed by atoms with Crippen LogP contribution >= 0.6 is 0 Å². The molecular weight excluding hydrogens is 214 g/mol. The zero-order chi connectivity index (χ0) is 12.7. The standard InChI is InChI=1S/C14H15NO2/c1-8-5-6-9(2)13-12(8)11(16)7-10(14(13)17)15(3)4/h5-7H,1-4H3. The third kappa shape index (κ3) is 1.68. The number of allylic oxidation sites excluding steroid dienone is 2. The molecule has 1 aliphatic rings. The number of carbonyl (C=O) groups is 2. The highest BCUT2D eigenvalue weighted by molar-refractivity contribution is 6.25. The van der Waals surface area contributed by atoms with E-state index in [9.17, 15) is 9.59 Å². The number of hydrogen-bond acceptors (Lipinski definition) is 3. The predicted molar refractivity (Wildman–Crippen MR) is 66.3 cm³/mol. The Morgan fingerprint density at radius 2 is 1.47 bits per heavy atom. The summed E-state index contributed by atoms with van der Waals surface area (Å²) in [6.07, 6.45) is 1.43. The maximum Gasteiger partial charge on any atom is 0.210 e. The molecule has 0 heterocycles. The van der Waals surface area contributed by atoms with Crippen LogP contribution in [0.2, 0.25) is 0 Å². The number of likely N-dealkylation sites (N-methyl/N-ethyl adjacent to an activating group) is 1. The molecule has 0 bridgehead atoms. The number of Topliss-reactive ketones (excluding diaryl/α,β-unsaturated/α-hetero) is 1. The van der Waals surface area contributed by atoms with Crippen LogP contribution in [0.5, 0.6) is 0 Å². The van der Waals surface area contributed by atoms with Crippen molar-refractivity contribution in [2.45, 2.75) is 13.8 Å². The van der Waals surface area contributed by atoms with Gasteiger partial charge in [0.05, 0.1) is 5.70 Å². The number of aryl methyl sites for hydroxylation is 2. The molecule has 88 valence electrons. The number of rotatable bonds is 1. The van der Waals surface area contributed by atoms with E-state index in [1.54, 1.807) is 19.0 Å². The average Bonchev–Trinajstić information content (AvgIpc) is 2.26. The average molecular weight is 229 g/mol. The Morgan fingerprint density at radius 3 is 2.00 bits per heavy atom. The summed E-state index contributed by atoms with van der Waals surface area (Å²) in [6, 6.07) is 3.77. The Morgan fingerprint density at radius 1 is 0.941 bits per heavy atom. The minimum Gasteiger partial charge on any atom is -0.374 e. The topological polar surface area (TPSA) is 37.4 Å². The van der Waals surface area contributed by atoms with Gasteiger partial charge in [0.1, 0.15) is 0 Å². The van der Waals surface area contributed by atoms with Crippen molar-refractivity contribution >= 4 is 11.6 Å². The third-order valence-electron chi connectivity index (χ3n) is 3.08. The molecule has 1 aromatic rings. The first-order chi connectivity index (χ1) is 7.93. The summed E-state index contributed by atoms with van der Waals surface area (Å²) in [4.78, 5) is 26.1. The fourth-order valence-corrected chi connectivity index (χ4v) is 2.14. The summed E-state index contributed by atoms with van der Waals surface area (Å²) in [6.45, 7) is 3.72. The molecule has 0 spiro atoms. The highest BCUT2D eigenvalue weighted by Gasteiger charge is 2.29. The Bertz CT molecular complexity index is 554. The van der Waals surface area contributed by atoms with Gasteiger partial charge < -0.3 is 4.90 Å². The van der Waals surface area contributed by atoms with Gasteiger partial charge in [-0.2, -0.15) is 0 Å². The normalized spacial score (nSPS) is 14.5. The highest BCUT2D eigenvalue weighted by Crippen LogP contribution is 2.27. The summed E-state index contributed by atoms with van der Waals surface area (Å²) in [5.41, 5.74) is 3.28. The third-order valence-corrected chi connectivity index (χ3v) is 3.08. The van der Waals surface area contributed by atoms with Crippen LogP contribution in [0.25, 0.3) is 0 Å². The molecule has 0 atom stereocenters. The molecule has 0 radical (unpaired) electrons. The molecule has 0 saturated heterocycles. The van der Waals surface area contributed by atoms with Gasteiger partial charge in [-0.05, 0) is 25.0 Å². The molecule has 0 unspecified atom stereocenters. The number of nitrogens with zero attached hydrogens (tertiary/aromatic N) is 1. The second-order valence-corrected chi connectivity index (χ2v) is 4.57. The number of ketones is 2. The van der Waals surface area contributed by atoms with Gasteiger partial charge >= 0.3 is 0 Å². The van der Waals surface area contributed by atoms with Crippen molar-refractivity contribution in [1.82, 2.24) is 4.90 Å². The SMILES string of the molecule is Cc1ccc(C)c2c1C(=O)C=C(N(C)C)C2=O. The molecule has 0 saturated carbocycles. The fourth-order valence-electron chi connectivity index (χ4n) is 2.14. The van der Waals surface area contributed by atoms with E-state index < -0.39 is 0 Å². The van der Waals surface area contributed by atoms with Crippen LogP contribution < -0.4 is 0 Å². The summed E-state index contributed by atoms with van der Waals surface area (Å²) >= 11 is 0. The van der Waals surface area contributed by atoms with Crippen LogP contribution in [0.15, 0.2) is 23.9 Å². The lowest BCUT2D eigenvalue weighted by atomic mass is 9.86. The zero-order valence-electron chi connectivity index (χ0n) is 10.5. The molecule has 17 heavy (non-hydrogen) atoms. The van der Waals surface area contributed by atoms with Crippen LogP contribution in [0.1, 0.15) is 31.8 Å². The lowest BCUT2D eigenvalue weighted by Crippen LogP contribution is -2.27. The summed E-state index contributed by atoms with van der Waals surface area (Å²) in [5, 5.41) is 0. The van der Waals surface area contributed by atoms with Crippen LogP contribution in [0.4, 0.5) is 0 Å². The maximum absolute atomic E-state index is 12.3. The molecule has 0 amide bonds. The summed E-state index contributed by atoms with van der Waals surface area (Å²) < 4.78 is 0. The Hall–Kier alpha value is -1.90. The second-order valence-electron chi connectivity index (χ2n) is 4.57. The fraction of sp³-hybridized carbons (Fsp3) is 0.286. The van der Waals surface area contributed by atoms with Crippen LogP contribution in [0.3, 0.4) is 0 Å². The van der Waals surface area contributed by atoms with E-state index in [1.165, 1.54) is 6.08 Å². The van der Waals surface area contributed by atoms with E-state index in [4.69, 9.17) is 0 Å². The van der Waals surface area contributed by atoms with E-state index in [0.717, 1.165) is 11.1 Å². The first-order valence-electron chi connectivity index (χ1n) is 5.51. The predicted octanol–water partition coefficient (Wildman–Crippen LogP) is 2.13. The summed E-state index contributed by atoms with van der Waals surface area (Å²) in [7, 11) is 3.54. The molecule has 1 aromatic carbocycles. The molecule has 0 aliphatic heterocycles. The minimum atomic E-state index is -0.0792. The molecule has 1 aliphatic carbocycles. The van der Waals surface area contributed by atoms with Gasteiger partial charge in [0, 0.05) is 31.3 Å². The molecule has 0 aromatic heterocycles. The molecule has 0 fully saturated rings. The first-order valence-corrected chi connectivity index (χ1v) is 5.51. The van der Waals surface area contributed by atoms with Crippen molar-refractivity contribution in [3.8, 4) is 0 Å². The first kappa shape index (κ1) is 11.6. The maximum atomic E-state index is 12.3. The van der Waals surface area contributed by atoms with E-state index in [0.29, 0.717) is 16.8 Å². The van der Waals surface area contributed by atoms with Crippen LogP contribution in [-0.4, -0.2) is 30.6 Å². The monoisotopic (exact) mass is 229 g/mol.